The second-order valence-electron chi connectivity index (χ2n) is 5.51. The Balaban J connectivity index is 2.07. The van der Waals surface area contributed by atoms with Crippen LogP contribution in [0.3, 0.4) is 0 Å². The molecule has 0 aliphatic rings. The van der Waals surface area contributed by atoms with Gasteiger partial charge in [-0.05, 0) is 67.1 Å². The standard InChI is InChI=1S/C22H16S2/c1-3-7-17(8-4-1)21(19-11-13-23-15-19)22(20-12-14-24-16-20)18-9-5-2-6-10-18/h1-16H. The first-order valence-electron chi connectivity index (χ1n) is 7.84. The fourth-order valence-electron chi connectivity index (χ4n) is 2.93. The van der Waals surface area contributed by atoms with Gasteiger partial charge in [0.1, 0.15) is 0 Å². The molecule has 0 saturated heterocycles. The fourth-order valence-corrected chi connectivity index (χ4v) is 4.23. The quantitative estimate of drug-likeness (QED) is 0.356. The van der Waals surface area contributed by atoms with Crippen molar-refractivity contribution in [3.05, 3.63) is 117 Å². The Morgan fingerprint density at radius 1 is 0.458 bits per heavy atom. The van der Waals surface area contributed by atoms with Crippen molar-refractivity contribution in [3.63, 3.8) is 0 Å². The van der Waals surface area contributed by atoms with Crippen LogP contribution in [0.5, 0.6) is 0 Å². The Kier molecular flexibility index (Phi) is 4.41. The molecule has 2 heterocycles. The van der Waals surface area contributed by atoms with Gasteiger partial charge in [0.25, 0.3) is 0 Å². The first-order chi connectivity index (χ1) is 11.9. The first-order valence-corrected chi connectivity index (χ1v) is 9.72. The Morgan fingerprint density at radius 2 is 0.875 bits per heavy atom. The summed E-state index contributed by atoms with van der Waals surface area (Å²) in [7, 11) is 0. The summed E-state index contributed by atoms with van der Waals surface area (Å²) in [4.78, 5) is 0. The zero-order valence-corrected chi connectivity index (χ0v) is 14.7. The van der Waals surface area contributed by atoms with Crippen molar-refractivity contribution in [3.8, 4) is 0 Å². The molecular formula is C22H16S2. The normalized spacial score (nSPS) is 12.0. The van der Waals surface area contributed by atoms with Gasteiger partial charge >= 0.3 is 0 Å². The molecule has 4 rings (SSSR count). The summed E-state index contributed by atoms with van der Waals surface area (Å²) in [5, 5.41) is 8.76. The van der Waals surface area contributed by atoms with Crippen LogP contribution in [0.2, 0.25) is 0 Å². The molecular weight excluding hydrogens is 328 g/mol. The molecule has 24 heavy (non-hydrogen) atoms. The first kappa shape index (κ1) is 15.1. The Labute approximate surface area is 150 Å². The highest BCUT2D eigenvalue weighted by atomic mass is 32.1. The molecule has 2 heteroatoms. The van der Waals surface area contributed by atoms with Crippen molar-refractivity contribution in [1.29, 1.82) is 0 Å². The van der Waals surface area contributed by atoms with Gasteiger partial charge < -0.3 is 0 Å². The van der Waals surface area contributed by atoms with Crippen LogP contribution in [-0.2, 0) is 0 Å². The zero-order valence-electron chi connectivity index (χ0n) is 13.1. The van der Waals surface area contributed by atoms with Crippen LogP contribution in [0.25, 0.3) is 11.1 Å². The fraction of sp³-hybridized carbons (Fsp3) is 0. The molecule has 0 fully saturated rings. The molecule has 0 amide bonds. The van der Waals surface area contributed by atoms with Gasteiger partial charge in [0.05, 0.1) is 0 Å². The topological polar surface area (TPSA) is 0 Å². The second kappa shape index (κ2) is 7.00. The molecule has 0 bridgehead atoms. The lowest BCUT2D eigenvalue weighted by Crippen LogP contribution is -1.95. The van der Waals surface area contributed by atoms with Crippen LogP contribution in [-0.4, -0.2) is 0 Å². The molecule has 116 valence electrons. The molecule has 0 aliphatic carbocycles. The van der Waals surface area contributed by atoms with E-state index in [-0.39, 0.29) is 0 Å². The number of hydrogen-bond acceptors (Lipinski definition) is 2. The molecule has 0 N–H and O–H groups in total. The number of benzene rings is 2. The predicted octanol–water partition coefficient (Wildman–Crippen LogP) is 6.82. The predicted molar refractivity (Wildman–Crippen MR) is 107 cm³/mol. The lowest BCUT2D eigenvalue weighted by molar-refractivity contribution is 1.54. The van der Waals surface area contributed by atoms with Crippen LogP contribution in [0.4, 0.5) is 0 Å². The van der Waals surface area contributed by atoms with Gasteiger partial charge in [-0.3, -0.25) is 0 Å². The van der Waals surface area contributed by atoms with Crippen LogP contribution >= 0.6 is 22.7 Å². The highest BCUT2D eigenvalue weighted by Crippen LogP contribution is 2.37. The molecule has 0 radical (unpaired) electrons. The van der Waals surface area contributed by atoms with Crippen molar-refractivity contribution in [1.82, 2.24) is 0 Å². The summed E-state index contributed by atoms with van der Waals surface area (Å²) < 4.78 is 0. The summed E-state index contributed by atoms with van der Waals surface area (Å²) in [5.41, 5.74) is 7.64. The number of hydrogen-bond donors (Lipinski definition) is 0. The van der Waals surface area contributed by atoms with E-state index in [0.29, 0.717) is 0 Å². The summed E-state index contributed by atoms with van der Waals surface area (Å²) in [6.45, 7) is 0. The average molecular weight is 345 g/mol. The third kappa shape index (κ3) is 2.99. The van der Waals surface area contributed by atoms with Gasteiger partial charge in [0, 0.05) is 0 Å². The summed E-state index contributed by atoms with van der Waals surface area (Å²) in [5.74, 6) is 0. The third-order valence-corrected chi connectivity index (χ3v) is 5.36. The van der Waals surface area contributed by atoms with Crippen LogP contribution < -0.4 is 0 Å². The molecule has 2 aromatic heterocycles. The van der Waals surface area contributed by atoms with Crippen molar-refractivity contribution in [2.75, 3.05) is 0 Å². The molecule has 0 nitrogen and oxygen atoms in total. The van der Waals surface area contributed by atoms with E-state index in [0.717, 1.165) is 0 Å². The van der Waals surface area contributed by atoms with Gasteiger partial charge in [-0.1, -0.05) is 60.7 Å². The van der Waals surface area contributed by atoms with Crippen molar-refractivity contribution >= 4 is 33.8 Å². The molecule has 0 unspecified atom stereocenters. The van der Waals surface area contributed by atoms with Gasteiger partial charge in [0.2, 0.25) is 0 Å². The highest BCUT2D eigenvalue weighted by molar-refractivity contribution is 7.08. The number of thiophene rings is 2. The summed E-state index contributed by atoms with van der Waals surface area (Å²) in [6.07, 6.45) is 0. The molecule has 0 spiro atoms. The zero-order chi connectivity index (χ0) is 16.2. The van der Waals surface area contributed by atoms with Crippen LogP contribution in [0.1, 0.15) is 22.3 Å². The average Bonchev–Trinajstić information content (AvgIpc) is 3.35. The number of rotatable bonds is 4. The van der Waals surface area contributed by atoms with Gasteiger partial charge in [-0.2, -0.15) is 22.7 Å². The van der Waals surface area contributed by atoms with E-state index in [9.17, 15) is 0 Å². The summed E-state index contributed by atoms with van der Waals surface area (Å²) in [6, 6.07) is 25.8. The lowest BCUT2D eigenvalue weighted by atomic mass is 9.88. The highest BCUT2D eigenvalue weighted by Gasteiger charge is 2.16. The van der Waals surface area contributed by atoms with E-state index >= 15 is 0 Å². The SMILES string of the molecule is c1ccc(C(=C(c2ccccc2)c2ccsc2)c2ccsc2)cc1. The Hall–Kier alpha value is -2.42. The van der Waals surface area contributed by atoms with E-state index in [1.165, 1.54) is 33.4 Å². The Morgan fingerprint density at radius 3 is 1.21 bits per heavy atom. The lowest BCUT2D eigenvalue weighted by Gasteiger charge is -2.15. The van der Waals surface area contributed by atoms with Gasteiger partial charge in [-0.25, -0.2) is 0 Å². The van der Waals surface area contributed by atoms with E-state index in [1.54, 1.807) is 22.7 Å². The van der Waals surface area contributed by atoms with E-state index in [1.807, 2.05) is 0 Å². The molecule has 0 aliphatic heterocycles. The van der Waals surface area contributed by atoms with Crippen molar-refractivity contribution in [2.24, 2.45) is 0 Å². The maximum Gasteiger partial charge on any atom is -0.00143 e. The van der Waals surface area contributed by atoms with Gasteiger partial charge in [-0.15, -0.1) is 0 Å². The molecule has 0 atom stereocenters. The summed E-state index contributed by atoms with van der Waals surface area (Å²) >= 11 is 3.48. The maximum absolute atomic E-state index is 2.23. The van der Waals surface area contributed by atoms with E-state index in [2.05, 4.69) is 94.3 Å². The maximum atomic E-state index is 2.23. The van der Waals surface area contributed by atoms with Gasteiger partial charge in [0.15, 0.2) is 0 Å². The largest absolute Gasteiger partial charge is 0.152 e. The monoisotopic (exact) mass is 344 g/mol. The third-order valence-electron chi connectivity index (χ3n) is 3.99. The van der Waals surface area contributed by atoms with Crippen molar-refractivity contribution < 1.29 is 0 Å². The molecule has 2 aromatic carbocycles. The minimum atomic E-state index is 1.25. The van der Waals surface area contributed by atoms with Crippen LogP contribution in [0.15, 0.2) is 94.3 Å². The van der Waals surface area contributed by atoms with Crippen molar-refractivity contribution in [2.45, 2.75) is 0 Å². The smallest absolute Gasteiger partial charge is 0.00143 e. The minimum Gasteiger partial charge on any atom is -0.152 e. The van der Waals surface area contributed by atoms with Crippen LogP contribution in [0, 0.1) is 0 Å². The van der Waals surface area contributed by atoms with E-state index < -0.39 is 0 Å². The Bertz CT molecular complexity index is 837. The molecule has 4 aromatic rings. The molecule has 0 saturated carbocycles. The minimum absolute atomic E-state index is 1.25. The van der Waals surface area contributed by atoms with E-state index in [4.69, 9.17) is 0 Å². The second-order valence-corrected chi connectivity index (χ2v) is 7.07.